The first kappa shape index (κ1) is 14.6. The van der Waals surface area contributed by atoms with Crippen LogP contribution >= 0.6 is 0 Å². The second-order valence-corrected chi connectivity index (χ2v) is 7.14. The van der Waals surface area contributed by atoms with Crippen LogP contribution in [-0.4, -0.2) is 24.0 Å². The van der Waals surface area contributed by atoms with E-state index in [0.717, 1.165) is 30.7 Å². The van der Waals surface area contributed by atoms with Crippen LogP contribution in [-0.2, 0) is 13.1 Å². The highest BCUT2D eigenvalue weighted by atomic mass is 16.3. The first-order valence-electron chi connectivity index (χ1n) is 7.34. The van der Waals surface area contributed by atoms with E-state index < -0.39 is 0 Å². The summed E-state index contributed by atoms with van der Waals surface area (Å²) in [6, 6.07) is 2.10. The third kappa shape index (κ3) is 4.66. The molecule has 3 heteroatoms. The zero-order valence-electron chi connectivity index (χ0n) is 13.0. The summed E-state index contributed by atoms with van der Waals surface area (Å²) in [5, 5.41) is 3.49. The predicted molar refractivity (Wildman–Crippen MR) is 78.9 cm³/mol. The van der Waals surface area contributed by atoms with Crippen molar-refractivity contribution in [2.75, 3.05) is 13.6 Å². The third-order valence-corrected chi connectivity index (χ3v) is 3.88. The molecule has 0 radical (unpaired) electrons. The van der Waals surface area contributed by atoms with Crippen molar-refractivity contribution in [2.45, 2.75) is 52.7 Å². The Labute approximate surface area is 117 Å². The molecular weight excluding hydrogens is 236 g/mol. The molecule has 1 aromatic heterocycles. The molecule has 1 aliphatic rings. The minimum absolute atomic E-state index is 0.124. The number of nitrogens with zero attached hydrogens (tertiary/aromatic N) is 1. The molecule has 0 spiro atoms. The lowest BCUT2D eigenvalue weighted by molar-refractivity contribution is 0.302. The van der Waals surface area contributed by atoms with Gasteiger partial charge >= 0.3 is 0 Å². The fourth-order valence-corrected chi connectivity index (χ4v) is 2.42. The van der Waals surface area contributed by atoms with Crippen LogP contribution < -0.4 is 5.32 Å². The van der Waals surface area contributed by atoms with Crippen molar-refractivity contribution < 1.29 is 4.42 Å². The van der Waals surface area contributed by atoms with Crippen molar-refractivity contribution in [3.63, 3.8) is 0 Å². The van der Waals surface area contributed by atoms with Crippen LogP contribution in [0.25, 0.3) is 0 Å². The largest absolute Gasteiger partial charge is 0.468 e. The van der Waals surface area contributed by atoms with Gasteiger partial charge in [0.1, 0.15) is 5.76 Å². The summed E-state index contributed by atoms with van der Waals surface area (Å²) in [5.74, 6) is 2.91. The number of furan rings is 1. The van der Waals surface area contributed by atoms with Crippen LogP contribution in [0.2, 0.25) is 0 Å². The van der Waals surface area contributed by atoms with E-state index in [9.17, 15) is 0 Å². The first-order chi connectivity index (χ1) is 8.85. The molecule has 108 valence electrons. The van der Waals surface area contributed by atoms with Crippen molar-refractivity contribution in [1.82, 2.24) is 10.2 Å². The lowest BCUT2D eigenvalue weighted by Gasteiger charge is -2.21. The topological polar surface area (TPSA) is 28.4 Å². The second-order valence-electron chi connectivity index (χ2n) is 7.14. The van der Waals surface area contributed by atoms with Gasteiger partial charge in [-0.15, -0.1) is 0 Å². The zero-order chi connectivity index (χ0) is 14.0. The molecule has 2 unspecified atom stereocenters. The van der Waals surface area contributed by atoms with Crippen molar-refractivity contribution in [1.29, 1.82) is 0 Å². The van der Waals surface area contributed by atoms with E-state index in [0.29, 0.717) is 0 Å². The van der Waals surface area contributed by atoms with Gasteiger partial charge in [-0.1, -0.05) is 6.92 Å². The van der Waals surface area contributed by atoms with E-state index in [2.05, 4.69) is 51.0 Å². The molecule has 2 rings (SSSR count). The van der Waals surface area contributed by atoms with E-state index in [4.69, 9.17) is 4.42 Å². The zero-order valence-corrected chi connectivity index (χ0v) is 13.0. The Balaban J connectivity index is 1.84. The van der Waals surface area contributed by atoms with Crippen LogP contribution in [0, 0.1) is 11.8 Å². The summed E-state index contributed by atoms with van der Waals surface area (Å²) in [6.07, 6.45) is 3.21. The highest BCUT2D eigenvalue weighted by Crippen LogP contribution is 2.38. The Morgan fingerprint density at radius 2 is 2.11 bits per heavy atom. The molecule has 19 heavy (non-hydrogen) atoms. The minimum atomic E-state index is 0.124. The average Bonchev–Trinajstić information content (AvgIpc) is 2.80. The van der Waals surface area contributed by atoms with Crippen molar-refractivity contribution in [3.8, 4) is 0 Å². The van der Waals surface area contributed by atoms with Crippen molar-refractivity contribution in [3.05, 3.63) is 23.7 Å². The van der Waals surface area contributed by atoms with Gasteiger partial charge in [-0.3, -0.25) is 0 Å². The summed E-state index contributed by atoms with van der Waals surface area (Å²) >= 11 is 0. The number of rotatable bonds is 6. The molecule has 0 bridgehead atoms. The Bertz CT molecular complexity index is 405. The average molecular weight is 264 g/mol. The molecule has 1 fully saturated rings. The summed E-state index contributed by atoms with van der Waals surface area (Å²) in [6.45, 7) is 11.9. The van der Waals surface area contributed by atoms with E-state index in [1.807, 2.05) is 6.26 Å². The summed E-state index contributed by atoms with van der Waals surface area (Å²) in [5.41, 5.74) is 1.44. The molecule has 0 aromatic carbocycles. The number of nitrogens with one attached hydrogen (secondary N) is 1. The number of hydrogen-bond donors (Lipinski definition) is 1. The smallest absolute Gasteiger partial charge is 0.122 e. The maximum Gasteiger partial charge on any atom is 0.122 e. The monoisotopic (exact) mass is 264 g/mol. The fourth-order valence-electron chi connectivity index (χ4n) is 2.42. The van der Waals surface area contributed by atoms with Gasteiger partial charge in [-0.25, -0.2) is 0 Å². The van der Waals surface area contributed by atoms with Gasteiger partial charge < -0.3 is 14.6 Å². The molecule has 1 aliphatic carbocycles. The van der Waals surface area contributed by atoms with Gasteiger partial charge in [0.25, 0.3) is 0 Å². The normalized spacial score (nSPS) is 23.1. The molecular formula is C16H28N2O. The molecule has 2 atom stereocenters. The lowest BCUT2D eigenvalue weighted by atomic mass is 10.1. The van der Waals surface area contributed by atoms with Gasteiger partial charge in [0.15, 0.2) is 0 Å². The molecule has 3 nitrogen and oxygen atoms in total. The quantitative estimate of drug-likeness (QED) is 0.855. The SMILES string of the molecule is CC1CC1CN(C)Cc1ccoc1CNC(C)(C)C. The summed E-state index contributed by atoms with van der Waals surface area (Å²) in [7, 11) is 2.21. The fraction of sp³-hybridized carbons (Fsp3) is 0.750. The summed E-state index contributed by atoms with van der Waals surface area (Å²) in [4.78, 5) is 2.42. The highest BCUT2D eigenvalue weighted by Gasteiger charge is 2.33. The molecule has 1 aromatic rings. The molecule has 1 N–H and O–H groups in total. The van der Waals surface area contributed by atoms with Crippen LogP contribution in [0.1, 0.15) is 45.4 Å². The van der Waals surface area contributed by atoms with Crippen molar-refractivity contribution in [2.24, 2.45) is 11.8 Å². The highest BCUT2D eigenvalue weighted by molar-refractivity contribution is 5.17. The maximum atomic E-state index is 5.61. The van der Waals surface area contributed by atoms with Gasteiger partial charge in [0, 0.05) is 24.2 Å². The van der Waals surface area contributed by atoms with Crippen molar-refractivity contribution >= 4 is 0 Å². The van der Waals surface area contributed by atoms with Crippen LogP contribution in [0.3, 0.4) is 0 Å². The van der Waals surface area contributed by atoms with Gasteiger partial charge in [-0.05, 0) is 52.1 Å². The Hall–Kier alpha value is -0.800. The van der Waals surface area contributed by atoms with Crippen LogP contribution in [0.5, 0.6) is 0 Å². The standard InChI is InChI=1S/C16H28N2O/c1-12-8-14(12)11-18(5)10-13-6-7-19-15(13)9-17-16(2,3)4/h6-7,12,14,17H,8-11H2,1-5H3. The molecule has 0 saturated heterocycles. The Morgan fingerprint density at radius 3 is 2.68 bits per heavy atom. The Kier molecular flexibility index (Phi) is 4.36. The Morgan fingerprint density at radius 1 is 1.42 bits per heavy atom. The van der Waals surface area contributed by atoms with Crippen LogP contribution in [0.15, 0.2) is 16.7 Å². The second kappa shape index (κ2) is 5.68. The minimum Gasteiger partial charge on any atom is -0.468 e. The predicted octanol–water partition coefficient (Wildman–Crippen LogP) is 3.26. The van der Waals surface area contributed by atoms with E-state index in [-0.39, 0.29) is 5.54 Å². The number of hydrogen-bond acceptors (Lipinski definition) is 3. The third-order valence-electron chi connectivity index (χ3n) is 3.88. The van der Waals surface area contributed by atoms with Crippen LogP contribution in [0.4, 0.5) is 0 Å². The molecule has 1 saturated carbocycles. The van der Waals surface area contributed by atoms with Gasteiger partial charge in [0.05, 0.1) is 12.8 Å². The summed E-state index contributed by atoms with van der Waals surface area (Å²) < 4.78 is 5.61. The van der Waals surface area contributed by atoms with E-state index in [1.54, 1.807) is 0 Å². The van der Waals surface area contributed by atoms with Gasteiger partial charge in [0.2, 0.25) is 0 Å². The van der Waals surface area contributed by atoms with E-state index >= 15 is 0 Å². The molecule has 1 heterocycles. The van der Waals surface area contributed by atoms with Gasteiger partial charge in [-0.2, -0.15) is 0 Å². The molecule has 0 amide bonds. The molecule has 0 aliphatic heterocycles. The first-order valence-corrected chi connectivity index (χ1v) is 7.34. The maximum absolute atomic E-state index is 5.61. The van der Waals surface area contributed by atoms with E-state index in [1.165, 1.54) is 18.5 Å². The lowest BCUT2D eigenvalue weighted by Crippen LogP contribution is -2.35.